The van der Waals surface area contributed by atoms with Crippen LogP contribution in [0.2, 0.25) is 0 Å². The second-order valence-electron chi connectivity index (χ2n) is 4.57. The second-order valence-corrected chi connectivity index (χ2v) is 4.57. The molecule has 0 saturated carbocycles. The van der Waals surface area contributed by atoms with E-state index in [1.54, 1.807) is 9.80 Å². The van der Waals surface area contributed by atoms with Crippen molar-refractivity contribution >= 4 is 6.03 Å². The number of urea groups is 1. The summed E-state index contributed by atoms with van der Waals surface area (Å²) in [5.41, 5.74) is -0.664. The molecule has 2 amide bonds. The van der Waals surface area contributed by atoms with Crippen LogP contribution < -0.4 is 0 Å². The number of carbonyl (C=O) groups is 1. The molecule has 1 fully saturated rings. The standard InChI is InChI=1S/C11H22N2O2/c1-5-12(6-2)10(14)13-7-11(15,8-13)9(3)4/h9,15H,5-8H2,1-4H3. The van der Waals surface area contributed by atoms with Crippen LogP contribution in [-0.2, 0) is 0 Å². The Hall–Kier alpha value is -0.770. The zero-order valence-corrected chi connectivity index (χ0v) is 10.2. The number of rotatable bonds is 3. The van der Waals surface area contributed by atoms with Crippen molar-refractivity contribution in [3.63, 3.8) is 0 Å². The van der Waals surface area contributed by atoms with E-state index in [1.807, 2.05) is 27.7 Å². The van der Waals surface area contributed by atoms with Gasteiger partial charge in [-0.3, -0.25) is 0 Å². The van der Waals surface area contributed by atoms with E-state index in [0.717, 1.165) is 13.1 Å². The SMILES string of the molecule is CCN(CC)C(=O)N1CC(O)(C(C)C)C1. The Bertz CT molecular complexity index is 231. The summed E-state index contributed by atoms with van der Waals surface area (Å²) < 4.78 is 0. The van der Waals surface area contributed by atoms with Gasteiger partial charge in [0.05, 0.1) is 13.1 Å². The van der Waals surface area contributed by atoms with Gasteiger partial charge < -0.3 is 14.9 Å². The molecular weight excluding hydrogens is 192 g/mol. The van der Waals surface area contributed by atoms with Gasteiger partial charge in [-0.25, -0.2) is 4.79 Å². The largest absolute Gasteiger partial charge is 0.386 e. The number of hydrogen-bond donors (Lipinski definition) is 1. The molecule has 1 N–H and O–H groups in total. The van der Waals surface area contributed by atoms with Gasteiger partial charge in [-0.2, -0.15) is 0 Å². The van der Waals surface area contributed by atoms with Gasteiger partial charge in [-0.15, -0.1) is 0 Å². The minimum Gasteiger partial charge on any atom is -0.386 e. The minimum absolute atomic E-state index is 0.0466. The van der Waals surface area contributed by atoms with Gasteiger partial charge in [0.15, 0.2) is 0 Å². The molecule has 1 aliphatic rings. The van der Waals surface area contributed by atoms with Crippen LogP contribution in [0, 0.1) is 5.92 Å². The molecule has 0 aromatic rings. The molecule has 1 aliphatic heterocycles. The maximum absolute atomic E-state index is 11.8. The summed E-state index contributed by atoms with van der Waals surface area (Å²) in [6.45, 7) is 10.3. The van der Waals surface area contributed by atoms with Crippen LogP contribution in [0.1, 0.15) is 27.7 Å². The van der Waals surface area contributed by atoms with E-state index in [-0.39, 0.29) is 11.9 Å². The summed E-state index contributed by atoms with van der Waals surface area (Å²) in [6.07, 6.45) is 0. The van der Waals surface area contributed by atoms with Crippen LogP contribution in [0.5, 0.6) is 0 Å². The molecule has 0 radical (unpaired) electrons. The first-order valence-electron chi connectivity index (χ1n) is 5.70. The number of nitrogens with zero attached hydrogens (tertiary/aromatic N) is 2. The van der Waals surface area contributed by atoms with Crippen LogP contribution >= 0.6 is 0 Å². The Morgan fingerprint density at radius 1 is 1.40 bits per heavy atom. The van der Waals surface area contributed by atoms with Crippen LogP contribution in [0.25, 0.3) is 0 Å². The summed E-state index contributed by atoms with van der Waals surface area (Å²) >= 11 is 0. The second kappa shape index (κ2) is 4.39. The zero-order chi connectivity index (χ0) is 11.6. The molecule has 0 aliphatic carbocycles. The van der Waals surface area contributed by atoms with E-state index >= 15 is 0 Å². The van der Waals surface area contributed by atoms with Crippen LogP contribution in [0.4, 0.5) is 4.79 Å². The van der Waals surface area contributed by atoms with E-state index < -0.39 is 5.60 Å². The maximum atomic E-state index is 11.8. The first kappa shape index (κ1) is 12.3. The first-order chi connectivity index (χ1) is 6.94. The number of hydrogen-bond acceptors (Lipinski definition) is 2. The third-order valence-corrected chi connectivity index (χ3v) is 3.31. The lowest BCUT2D eigenvalue weighted by Gasteiger charge is -2.50. The molecule has 0 bridgehead atoms. The highest BCUT2D eigenvalue weighted by Crippen LogP contribution is 2.29. The highest BCUT2D eigenvalue weighted by molar-refractivity contribution is 5.75. The van der Waals surface area contributed by atoms with E-state index in [1.165, 1.54) is 0 Å². The van der Waals surface area contributed by atoms with Crippen molar-refractivity contribution < 1.29 is 9.90 Å². The minimum atomic E-state index is -0.664. The van der Waals surface area contributed by atoms with Gasteiger partial charge in [0.1, 0.15) is 5.60 Å². The molecule has 4 nitrogen and oxygen atoms in total. The number of likely N-dealkylation sites (tertiary alicyclic amines) is 1. The number of amides is 2. The van der Waals surface area contributed by atoms with Crippen LogP contribution in [0.15, 0.2) is 0 Å². The number of aliphatic hydroxyl groups is 1. The van der Waals surface area contributed by atoms with Crippen LogP contribution in [0.3, 0.4) is 0 Å². The fourth-order valence-electron chi connectivity index (χ4n) is 1.81. The Labute approximate surface area is 91.9 Å². The molecule has 0 spiro atoms. The summed E-state index contributed by atoms with van der Waals surface area (Å²) in [5.74, 6) is 0.207. The lowest BCUT2D eigenvalue weighted by Crippen LogP contribution is -2.67. The summed E-state index contributed by atoms with van der Waals surface area (Å²) in [4.78, 5) is 15.3. The highest BCUT2D eigenvalue weighted by atomic mass is 16.3. The van der Waals surface area contributed by atoms with Gasteiger partial charge in [-0.05, 0) is 19.8 Å². The predicted octanol–water partition coefficient (Wildman–Crippen LogP) is 1.15. The van der Waals surface area contributed by atoms with E-state index in [0.29, 0.717) is 13.1 Å². The lowest BCUT2D eigenvalue weighted by atomic mass is 9.83. The van der Waals surface area contributed by atoms with Gasteiger partial charge in [0, 0.05) is 13.1 Å². The Kier molecular flexibility index (Phi) is 3.60. The molecule has 15 heavy (non-hydrogen) atoms. The average molecular weight is 214 g/mol. The molecule has 0 aromatic carbocycles. The van der Waals surface area contributed by atoms with Gasteiger partial charge in [0.25, 0.3) is 0 Å². The number of carbonyl (C=O) groups excluding carboxylic acids is 1. The molecule has 1 saturated heterocycles. The third-order valence-electron chi connectivity index (χ3n) is 3.31. The zero-order valence-electron chi connectivity index (χ0n) is 10.2. The summed E-state index contributed by atoms with van der Waals surface area (Å²) in [7, 11) is 0. The van der Waals surface area contributed by atoms with Crippen LogP contribution in [-0.4, -0.2) is 52.7 Å². The van der Waals surface area contributed by atoms with Crippen molar-refractivity contribution in [3.05, 3.63) is 0 Å². The van der Waals surface area contributed by atoms with Crippen molar-refractivity contribution in [2.45, 2.75) is 33.3 Å². The summed E-state index contributed by atoms with van der Waals surface area (Å²) in [5, 5.41) is 10.0. The van der Waals surface area contributed by atoms with Gasteiger partial charge in [0.2, 0.25) is 0 Å². The van der Waals surface area contributed by atoms with Crippen molar-refractivity contribution in [3.8, 4) is 0 Å². The Morgan fingerprint density at radius 2 is 1.87 bits per heavy atom. The van der Waals surface area contributed by atoms with Crippen molar-refractivity contribution in [2.24, 2.45) is 5.92 Å². The number of β-amino-alcohol motifs (C(OH)–C–C–N with tert-alkyl or cyclic N) is 1. The molecule has 88 valence electrons. The van der Waals surface area contributed by atoms with Crippen molar-refractivity contribution in [1.82, 2.24) is 9.80 Å². The topological polar surface area (TPSA) is 43.8 Å². The maximum Gasteiger partial charge on any atom is 0.320 e. The molecule has 1 heterocycles. The average Bonchev–Trinajstić information content (AvgIpc) is 2.14. The first-order valence-corrected chi connectivity index (χ1v) is 5.70. The van der Waals surface area contributed by atoms with Crippen molar-refractivity contribution in [2.75, 3.05) is 26.2 Å². The molecular formula is C11H22N2O2. The third kappa shape index (κ3) is 2.25. The van der Waals surface area contributed by atoms with E-state index in [4.69, 9.17) is 0 Å². The Morgan fingerprint density at radius 3 is 2.20 bits per heavy atom. The monoisotopic (exact) mass is 214 g/mol. The predicted molar refractivity (Wildman–Crippen MR) is 59.7 cm³/mol. The Balaban J connectivity index is 2.48. The fourth-order valence-corrected chi connectivity index (χ4v) is 1.81. The smallest absolute Gasteiger partial charge is 0.320 e. The van der Waals surface area contributed by atoms with Gasteiger partial charge in [-0.1, -0.05) is 13.8 Å². The molecule has 4 heteroatoms. The van der Waals surface area contributed by atoms with E-state index in [2.05, 4.69) is 0 Å². The molecule has 0 atom stereocenters. The molecule has 0 unspecified atom stereocenters. The fraction of sp³-hybridized carbons (Fsp3) is 0.909. The van der Waals surface area contributed by atoms with Gasteiger partial charge >= 0.3 is 6.03 Å². The van der Waals surface area contributed by atoms with Crippen molar-refractivity contribution in [1.29, 1.82) is 0 Å². The summed E-state index contributed by atoms with van der Waals surface area (Å²) in [6, 6.07) is 0.0466. The molecule has 0 aromatic heterocycles. The van der Waals surface area contributed by atoms with E-state index in [9.17, 15) is 9.90 Å². The quantitative estimate of drug-likeness (QED) is 0.766. The normalized spacial score (nSPS) is 18.9. The lowest BCUT2D eigenvalue weighted by molar-refractivity contribution is -0.111. The highest BCUT2D eigenvalue weighted by Gasteiger charge is 2.46. The molecule has 1 rings (SSSR count).